The molecule has 40 heavy (non-hydrogen) atoms. The first-order valence-corrected chi connectivity index (χ1v) is 15.5. The van der Waals surface area contributed by atoms with E-state index in [0.717, 1.165) is 27.3 Å². The van der Waals surface area contributed by atoms with Crippen LogP contribution in [-0.4, -0.2) is 50.5 Å². The molecular weight excluding hydrogens is 546 g/mol. The molecule has 0 bridgehead atoms. The molecule has 3 aromatic carbocycles. The first kappa shape index (κ1) is 31.2. The number of hydrogen-bond donors (Lipinski definition) is 1. The number of nitrogens with zero attached hydrogens (tertiary/aromatic N) is 2. The molecule has 1 atom stereocenters. The lowest BCUT2D eigenvalue weighted by Gasteiger charge is -2.34. The van der Waals surface area contributed by atoms with E-state index in [1.807, 2.05) is 75.4 Å². The predicted molar refractivity (Wildman–Crippen MR) is 162 cm³/mol. The third-order valence-electron chi connectivity index (χ3n) is 6.62. The van der Waals surface area contributed by atoms with Gasteiger partial charge >= 0.3 is 0 Å². The molecule has 0 unspecified atom stereocenters. The number of anilines is 1. The van der Waals surface area contributed by atoms with Crippen molar-refractivity contribution in [2.75, 3.05) is 23.7 Å². The standard InChI is InChI=1S/C31H38ClN3O4S/c1-22(2)19-33-31(37)29(18-25-10-7-6-8-11-25)34(20-26-16-14-23(3)15-17-26)30(36)21-35(40(5,38)39)28-13-9-12-27(32)24(28)4/h6-17,22,29H,18-21H2,1-5H3,(H,33,37)/t29-/m1/s1. The van der Waals surface area contributed by atoms with E-state index < -0.39 is 28.5 Å². The molecule has 1 N–H and O–H groups in total. The highest BCUT2D eigenvalue weighted by molar-refractivity contribution is 7.92. The van der Waals surface area contributed by atoms with Crippen molar-refractivity contribution in [2.24, 2.45) is 5.92 Å². The fourth-order valence-electron chi connectivity index (χ4n) is 4.33. The van der Waals surface area contributed by atoms with Crippen LogP contribution in [-0.2, 0) is 32.6 Å². The summed E-state index contributed by atoms with van der Waals surface area (Å²) in [5, 5.41) is 3.38. The second kappa shape index (κ2) is 13.8. The summed E-state index contributed by atoms with van der Waals surface area (Å²) < 4.78 is 27.0. The van der Waals surface area contributed by atoms with Gasteiger partial charge in [-0.1, -0.05) is 91.7 Å². The van der Waals surface area contributed by atoms with Crippen LogP contribution >= 0.6 is 11.6 Å². The van der Waals surface area contributed by atoms with Gasteiger partial charge in [-0.15, -0.1) is 0 Å². The third-order valence-corrected chi connectivity index (χ3v) is 8.15. The number of nitrogens with one attached hydrogen (secondary N) is 1. The van der Waals surface area contributed by atoms with E-state index in [0.29, 0.717) is 22.8 Å². The molecule has 0 spiro atoms. The van der Waals surface area contributed by atoms with Gasteiger partial charge in [0, 0.05) is 24.5 Å². The van der Waals surface area contributed by atoms with Crippen molar-refractivity contribution in [1.82, 2.24) is 10.2 Å². The molecule has 2 amide bonds. The van der Waals surface area contributed by atoms with Crippen LogP contribution in [0.2, 0.25) is 5.02 Å². The number of halogens is 1. The minimum absolute atomic E-state index is 0.137. The van der Waals surface area contributed by atoms with Gasteiger partial charge in [-0.3, -0.25) is 13.9 Å². The Morgan fingerprint density at radius 2 is 1.55 bits per heavy atom. The molecular formula is C31H38ClN3O4S. The van der Waals surface area contributed by atoms with Crippen LogP contribution in [0.1, 0.15) is 36.1 Å². The van der Waals surface area contributed by atoms with Gasteiger partial charge in [0.1, 0.15) is 12.6 Å². The summed E-state index contributed by atoms with van der Waals surface area (Å²) in [5.41, 5.74) is 3.65. The van der Waals surface area contributed by atoms with Crippen LogP contribution in [0.25, 0.3) is 0 Å². The monoisotopic (exact) mass is 583 g/mol. The van der Waals surface area contributed by atoms with E-state index in [-0.39, 0.29) is 24.8 Å². The predicted octanol–water partition coefficient (Wildman–Crippen LogP) is 5.14. The Kier molecular flexibility index (Phi) is 10.8. The molecule has 0 heterocycles. The SMILES string of the molecule is Cc1ccc(CN(C(=O)CN(c2cccc(Cl)c2C)S(C)(=O)=O)[C@H](Cc2ccccc2)C(=O)NCC(C)C)cc1. The average Bonchev–Trinajstić information content (AvgIpc) is 2.90. The Balaban J connectivity index is 2.07. The molecule has 0 aromatic heterocycles. The van der Waals surface area contributed by atoms with E-state index in [9.17, 15) is 18.0 Å². The van der Waals surface area contributed by atoms with Crippen LogP contribution in [0.3, 0.4) is 0 Å². The lowest BCUT2D eigenvalue weighted by atomic mass is 10.0. The Hall–Kier alpha value is -3.36. The molecule has 0 saturated carbocycles. The Morgan fingerprint density at radius 1 is 0.900 bits per heavy atom. The molecule has 0 aliphatic heterocycles. The maximum atomic E-state index is 14.1. The van der Waals surface area contributed by atoms with Gasteiger partial charge in [0.05, 0.1) is 11.9 Å². The van der Waals surface area contributed by atoms with Gasteiger partial charge in [-0.25, -0.2) is 8.42 Å². The Labute approximate surface area is 243 Å². The third kappa shape index (κ3) is 8.57. The molecule has 7 nitrogen and oxygen atoms in total. The summed E-state index contributed by atoms with van der Waals surface area (Å²) in [6.45, 7) is 7.79. The van der Waals surface area contributed by atoms with Crippen molar-refractivity contribution in [2.45, 2.75) is 46.7 Å². The lowest BCUT2D eigenvalue weighted by molar-refractivity contribution is -0.140. The quantitative estimate of drug-likeness (QED) is 0.320. The second-order valence-corrected chi connectivity index (χ2v) is 12.8. The van der Waals surface area contributed by atoms with Crippen LogP contribution in [0.5, 0.6) is 0 Å². The van der Waals surface area contributed by atoms with Crippen molar-refractivity contribution in [1.29, 1.82) is 0 Å². The van der Waals surface area contributed by atoms with E-state index >= 15 is 0 Å². The van der Waals surface area contributed by atoms with Crippen molar-refractivity contribution < 1.29 is 18.0 Å². The summed E-state index contributed by atoms with van der Waals surface area (Å²) in [5.74, 6) is -0.567. The molecule has 0 aliphatic rings. The molecule has 214 valence electrons. The molecule has 0 fully saturated rings. The van der Waals surface area contributed by atoms with Gasteiger partial charge in [-0.2, -0.15) is 0 Å². The number of rotatable bonds is 12. The molecule has 0 saturated heterocycles. The van der Waals surface area contributed by atoms with Gasteiger partial charge in [-0.05, 0) is 48.6 Å². The van der Waals surface area contributed by atoms with E-state index in [1.165, 1.54) is 4.90 Å². The van der Waals surface area contributed by atoms with Crippen molar-refractivity contribution in [3.63, 3.8) is 0 Å². The van der Waals surface area contributed by atoms with Gasteiger partial charge in [0.25, 0.3) is 0 Å². The van der Waals surface area contributed by atoms with Gasteiger partial charge in [0.2, 0.25) is 21.8 Å². The zero-order valence-corrected chi connectivity index (χ0v) is 25.3. The minimum atomic E-state index is -3.86. The first-order valence-electron chi connectivity index (χ1n) is 13.3. The number of amides is 2. The molecule has 3 rings (SSSR count). The summed E-state index contributed by atoms with van der Waals surface area (Å²) in [6.07, 6.45) is 1.33. The zero-order valence-electron chi connectivity index (χ0n) is 23.7. The van der Waals surface area contributed by atoms with E-state index in [4.69, 9.17) is 11.6 Å². The van der Waals surface area contributed by atoms with Crippen LogP contribution < -0.4 is 9.62 Å². The fraction of sp³-hybridized carbons (Fsp3) is 0.355. The van der Waals surface area contributed by atoms with Crippen LogP contribution in [0.4, 0.5) is 5.69 Å². The van der Waals surface area contributed by atoms with Crippen molar-refractivity contribution >= 4 is 39.1 Å². The molecule has 3 aromatic rings. The average molecular weight is 584 g/mol. The van der Waals surface area contributed by atoms with Crippen LogP contribution in [0, 0.1) is 19.8 Å². The normalized spacial score (nSPS) is 12.2. The Morgan fingerprint density at radius 3 is 2.15 bits per heavy atom. The molecule has 0 radical (unpaired) electrons. The second-order valence-electron chi connectivity index (χ2n) is 10.5. The molecule has 0 aliphatic carbocycles. The largest absolute Gasteiger partial charge is 0.354 e. The highest BCUT2D eigenvalue weighted by Gasteiger charge is 2.33. The minimum Gasteiger partial charge on any atom is -0.354 e. The van der Waals surface area contributed by atoms with E-state index in [2.05, 4.69) is 5.32 Å². The number of carbonyl (C=O) groups excluding carboxylic acids is 2. The molecule has 9 heteroatoms. The highest BCUT2D eigenvalue weighted by Crippen LogP contribution is 2.28. The smallest absolute Gasteiger partial charge is 0.244 e. The number of benzene rings is 3. The number of aryl methyl sites for hydroxylation is 1. The highest BCUT2D eigenvalue weighted by atomic mass is 35.5. The first-order chi connectivity index (χ1) is 18.9. The number of hydrogen-bond acceptors (Lipinski definition) is 4. The maximum Gasteiger partial charge on any atom is 0.244 e. The maximum absolute atomic E-state index is 14.1. The van der Waals surface area contributed by atoms with Crippen LogP contribution in [0.15, 0.2) is 72.8 Å². The van der Waals surface area contributed by atoms with Gasteiger partial charge in [0.15, 0.2) is 0 Å². The summed E-state index contributed by atoms with van der Waals surface area (Å²) >= 11 is 6.30. The van der Waals surface area contributed by atoms with Crippen molar-refractivity contribution in [3.05, 3.63) is 100 Å². The van der Waals surface area contributed by atoms with E-state index in [1.54, 1.807) is 25.1 Å². The number of carbonyl (C=O) groups is 2. The number of sulfonamides is 1. The Bertz CT molecular complexity index is 1410. The fourth-order valence-corrected chi connectivity index (χ4v) is 5.40. The lowest BCUT2D eigenvalue weighted by Crippen LogP contribution is -2.53. The summed E-state index contributed by atoms with van der Waals surface area (Å²) in [7, 11) is -3.86. The zero-order chi connectivity index (χ0) is 29.4. The van der Waals surface area contributed by atoms with Crippen molar-refractivity contribution in [3.8, 4) is 0 Å². The summed E-state index contributed by atoms with van der Waals surface area (Å²) in [6, 6.07) is 21.3. The topological polar surface area (TPSA) is 86.8 Å². The van der Waals surface area contributed by atoms with Gasteiger partial charge < -0.3 is 10.2 Å². The summed E-state index contributed by atoms with van der Waals surface area (Å²) in [4.78, 5) is 29.3.